The first-order valence-electron chi connectivity index (χ1n) is 7.46. The van der Waals surface area contributed by atoms with Gasteiger partial charge in [-0.05, 0) is 43.7 Å². The van der Waals surface area contributed by atoms with Gasteiger partial charge in [0.2, 0.25) is 10.0 Å². The lowest BCUT2D eigenvalue weighted by Crippen LogP contribution is -2.38. The largest absolute Gasteiger partial charge is 0.358 e. The number of rotatable bonds is 3. The molecular formula is C16H22N2O2S. The fourth-order valence-electron chi connectivity index (χ4n) is 3.33. The van der Waals surface area contributed by atoms with Crippen molar-refractivity contribution in [2.75, 3.05) is 19.3 Å². The van der Waals surface area contributed by atoms with Crippen LogP contribution in [0.4, 0.5) is 0 Å². The minimum Gasteiger partial charge on any atom is -0.358 e. The zero-order chi connectivity index (χ0) is 15.0. The molecule has 0 aliphatic carbocycles. The van der Waals surface area contributed by atoms with Crippen LogP contribution in [-0.4, -0.2) is 37.1 Å². The molecule has 5 heteroatoms. The number of para-hydroxylation sites is 1. The maximum Gasteiger partial charge on any atom is 0.211 e. The molecule has 0 amide bonds. The van der Waals surface area contributed by atoms with E-state index in [1.165, 1.54) is 28.4 Å². The molecule has 21 heavy (non-hydrogen) atoms. The Balaban J connectivity index is 1.74. The zero-order valence-corrected chi connectivity index (χ0v) is 13.4. The number of H-pyrrole nitrogens is 1. The van der Waals surface area contributed by atoms with Crippen molar-refractivity contribution in [3.05, 3.63) is 35.5 Å². The minimum atomic E-state index is -3.03. The van der Waals surface area contributed by atoms with Gasteiger partial charge in [-0.25, -0.2) is 12.7 Å². The van der Waals surface area contributed by atoms with Crippen LogP contribution in [0.5, 0.6) is 0 Å². The van der Waals surface area contributed by atoms with E-state index in [0.717, 1.165) is 19.3 Å². The van der Waals surface area contributed by atoms with Crippen LogP contribution in [-0.2, 0) is 16.4 Å². The molecule has 0 atom stereocenters. The Hall–Kier alpha value is -1.33. The highest BCUT2D eigenvalue weighted by atomic mass is 32.2. The van der Waals surface area contributed by atoms with E-state index in [9.17, 15) is 8.42 Å². The summed E-state index contributed by atoms with van der Waals surface area (Å²) in [5.74, 6) is 0.570. The average molecular weight is 306 g/mol. The number of aryl methyl sites for hydroxylation is 1. The van der Waals surface area contributed by atoms with Gasteiger partial charge in [-0.15, -0.1) is 0 Å². The van der Waals surface area contributed by atoms with Gasteiger partial charge in [0.25, 0.3) is 0 Å². The van der Waals surface area contributed by atoms with Crippen molar-refractivity contribution in [1.82, 2.24) is 9.29 Å². The van der Waals surface area contributed by atoms with E-state index < -0.39 is 10.0 Å². The number of nitrogens with zero attached hydrogens (tertiary/aromatic N) is 1. The van der Waals surface area contributed by atoms with Crippen molar-refractivity contribution in [2.24, 2.45) is 5.92 Å². The summed E-state index contributed by atoms with van der Waals surface area (Å²) in [7, 11) is -3.03. The van der Waals surface area contributed by atoms with Gasteiger partial charge < -0.3 is 4.98 Å². The second-order valence-electron chi connectivity index (χ2n) is 6.08. The Morgan fingerprint density at radius 3 is 2.57 bits per heavy atom. The Labute approximate surface area is 126 Å². The molecule has 1 N–H and O–H groups in total. The van der Waals surface area contributed by atoms with E-state index in [-0.39, 0.29) is 0 Å². The third kappa shape index (κ3) is 2.99. The first-order valence-corrected chi connectivity index (χ1v) is 9.31. The quantitative estimate of drug-likeness (QED) is 0.948. The third-order valence-electron chi connectivity index (χ3n) is 4.56. The van der Waals surface area contributed by atoms with Crippen LogP contribution < -0.4 is 0 Å². The summed E-state index contributed by atoms with van der Waals surface area (Å²) < 4.78 is 24.7. The van der Waals surface area contributed by atoms with Crippen LogP contribution in [0, 0.1) is 12.8 Å². The van der Waals surface area contributed by atoms with E-state index in [2.05, 4.69) is 30.1 Å². The number of hydrogen-bond donors (Lipinski definition) is 1. The number of aromatic nitrogens is 1. The predicted octanol–water partition coefficient (Wildman–Crippen LogP) is 2.69. The van der Waals surface area contributed by atoms with Crippen LogP contribution >= 0.6 is 0 Å². The van der Waals surface area contributed by atoms with E-state index in [4.69, 9.17) is 0 Å². The molecule has 2 heterocycles. The first-order chi connectivity index (χ1) is 9.95. The number of benzene rings is 1. The molecule has 0 bridgehead atoms. The lowest BCUT2D eigenvalue weighted by atomic mass is 9.90. The van der Waals surface area contributed by atoms with E-state index >= 15 is 0 Å². The number of hydrogen-bond acceptors (Lipinski definition) is 2. The first kappa shape index (κ1) is 14.6. The van der Waals surface area contributed by atoms with Crippen LogP contribution in [0.2, 0.25) is 0 Å². The highest BCUT2D eigenvalue weighted by Gasteiger charge is 2.25. The highest BCUT2D eigenvalue weighted by Crippen LogP contribution is 2.29. The third-order valence-corrected chi connectivity index (χ3v) is 5.87. The Bertz CT molecular complexity index is 741. The molecule has 0 saturated carbocycles. The van der Waals surface area contributed by atoms with Gasteiger partial charge in [0.1, 0.15) is 0 Å². The molecule has 1 aliphatic heterocycles. The van der Waals surface area contributed by atoms with Crippen molar-refractivity contribution in [1.29, 1.82) is 0 Å². The van der Waals surface area contributed by atoms with Gasteiger partial charge >= 0.3 is 0 Å². The van der Waals surface area contributed by atoms with E-state index in [1.54, 1.807) is 4.31 Å². The van der Waals surface area contributed by atoms with Crippen molar-refractivity contribution in [3.63, 3.8) is 0 Å². The molecule has 1 saturated heterocycles. The van der Waals surface area contributed by atoms with Gasteiger partial charge in [-0.2, -0.15) is 0 Å². The normalized spacial score (nSPS) is 18.4. The Morgan fingerprint density at radius 1 is 1.24 bits per heavy atom. The summed E-state index contributed by atoms with van der Waals surface area (Å²) in [6, 6.07) is 8.40. The lowest BCUT2D eigenvalue weighted by molar-refractivity contribution is 0.274. The second-order valence-corrected chi connectivity index (χ2v) is 8.07. The molecular weight excluding hydrogens is 284 g/mol. The van der Waals surface area contributed by atoms with Crippen molar-refractivity contribution in [3.8, 4) is 0 Å². The van der Waals surface area contributed by atoms with Gasteiger partial charge in [-0.3, -0.25) is 0 Å². The molecule has 1 fully saturated rings. The van der Waals surface area contributed by atoms with Crippen LogP contribution in [0.25, 0.3) is 10.9 Å². The van der Waals surface area contributed by atoms with Crippen LogP contribution in [0.15, 0.2) is 24.3 Å². The maximum absolute atomic E-state index is 11.6. The predicted molar refractivity (Wildman–Crippen MR) is 85.9 cm³/mol. The van der Waals surface area contributed by atoms with Crippen LogP contribution in [0.3, 0.4) is 0 Å². The number of nitrogens with one attached hydrogen (secondary N) is 1. The number of fused-ring (bicyclic) bond motifs is 1. The molecule has 0 radical (unpaired) electrons. The summed E-state index contributed by atoms with van der Waals surface area (Å²) in [5.41, 5.74) is 3.82. The minimum absolute atomic E-state index is 0.570. The molecule has 1 aliphatic rings. The summed E-state index contributed by atoms with van der Waals surface area (Å²) in [6.07, 6.45) is 4.24. The van der Waals surface area contributed by atoms with Crippen molar-refractivity contribution < 1.29 is 8.42 Å². The zero-order valence-electron chi connectivity index (χ0n) is 12.6. The molecule has 4 nitrogen and oxygen atoms in total. The lowest BCUT2D eigenvalue weighted by Gasteiger charge is -2.30. The number of piperidine rings is 1. The summed E-state index contributed by atoms with van der Waals surface area (Å²) in [5, 5.41) is 1.31. The molecule has 1 aromatic heterocycles. The van der Waals surface area contributed by atoms with Crippen molar-refractivity contribution in [2.45, 2.75) is 26.2 Å². The average Bonchev–Trinajstić information content (AvgIpc) is 2.75. The topological polar surface area (TPSA) is 53.2 Å². The van der Waals surface area contributed by atoms with Crippen molar-refractivity contribution >= 4 is 20.9 Å². The molecule has 0 unspecified atom stereocenters. The molecule has 3 rings (SSSR count). The van der Waals surface area contributed by atoms with Crippen LogP contribution in [0.1, 0.15) is 24.1 Å². The number of aromatic amines is 1. The smallest absolute Gasteiger partial charge is 0.211 e. The second kappa shape index (κ2) is 5.46. The fraction of sp³-hybridized carbons (Fsp3) is 0.500. The summed E-state index contributed by atoms with van der Waals surface area (Å²) in [6.45, 7) is 3.44. The SMILES string of the molecule is Cc1[nH]c2ccccc2c1CC1CCN(S(C)(=O)=O)CC1. The van der Waals surface area contributed by atoms with Gasteiger partial charge in [0.15, 0.2) is 0 Å². The number of sulfonamides is 1. The highest BCUT2D eigenvalue weighted by molar-refractivity contribution is 7.88. The van der Waals surface area contributed by atoms with Gasteiger partial charge in [0.05, 0.1) is 6.26 Å². The molecule has 114 valence electrons. The molecule has 2 aromatic rings. The molecule has 0 spiro atoms. The fourth-order valence-corrected chi connectivity index (χ4v) is 4.21. The van der Waals surface area contributed by atoms with Gasteiger partial charge in [-0.1, -0.05) is 18.2 Å². The molecule has 1 aromatic carbocycles. The Morgan fingerprint density at radius 2 is 1.90 bits per heavy atom. The van der Waals surface area contributed by atoms with Gasteiger partial charge in [0, 0.05) is 29.7 Å². The maximum atomic E-state index is 11.6. The monoisotopic (exact) mass is 306 g/mol. The standard InChI is InChI=1S/C16H22N2O2S/c1-12-15(14-5-3-4-6-16(14)17-12)11-13-7-9-18(10-8-13)21(2,19)20/h3-6,13,17H,7-11H2,1-2H3. The van der Waals surface area contributed by atoms with E-state index in [0.29, 0.717) is 19.0 Å². The van der Waals surface area contributed by atoms with E-state index in [1.807, 2.05) is 6.07 Å². The summed E-state index contributed by atoms with van der Waals surface area (Å²) in [4.78, 5) is 3.44. The summed E-state index contributed by atoms with van der Waals surface area (Å²) >= 11 is 0. The Kier molecular flexibility index (Phi) is 3.80.